The summed E-state index contributed by atoms with van der Waals surface area (Å²) in [5.41, 5.74) is 1.51. The van der Waals surface area contributed by atoms with Gasteiger partial charge in [0, 0.05) is 12.8 Å². The SMILES string of the molecule is Cc1nonc1CNCCCS(C)(=O)=O. The van der Waals surface area contributed by atoms with E-state index in [0.717, 1.165) is 11.4 Å². The van der Waals surface area contributed by atoms with Crippen molar-refractivity contribution in [3.8, 4) is 0 Å². The number of rotatable bonds is 6. The van der Waals surface area contributed by atoms with Crippen LogP contribution in [0.3, 0.4) is 0 Å². The Morgan fingerprint density at radius 2 is 2.13 bits per heavy atom. The minimum atomic E-state index is -2.85. The number of aryl methyl sites for hydroxylation is 1. The van der Waals surface area contributed by atoms with Crippen LogP contribution in [-0.2, 0) is 16.4 Å². The average molecular weight is 233 g/mol. The molecule has 6 nitrogen and oxygen atoms in total. The summed E-state index contributed by atoms with van der Waals surface area (Å²) in [6.45, 7) is 3.00. The second-order valence-corrected chi connectivity index (χ2v) is 5.72. The average Bonchev–Trinajstić information content (AvgIpc) is 2.49. The van der Waals surface area contributed by atoms with Gasteiger partial charge in [-0.1, -0.05) is 10.3 Å². The Labute approximate surface area is 88.9 Å². The van der Waals surface area contributed by atoms with Crippen molar-refractivity contribution in [3.63, 3.8) is 0 Å². The van der Waals surface area contributed by atoms with E-state index in [2.05, 4.69) is 20.3 Å². The van der Waals surface area contributed by atoms with Gasteiger partial charge >= 0.3 is 0 Å². The zero-order valence-electron chi connectivity index (χ0n) is 8.86. The Kier molecular flexibility index (Phi) is 4.22. The second-order valence-electron chi connectivity index (χ2n) is 3.46. The van der Waals surface area contributed by atoms with Crippen LogP contribution >= 0.6 is 0 Å². The molecule has 1 heterocycles. The molecule has 0 aromatic carbocycles. The molecule has 1 rings (SSSR count). The second kappa shape index (κ2) is 5.22. The van der Waals surface area contributed by atoms with E-state index in [0.29, 0.717) is 19.5 Å². The molecule has 0 aliphatic heterocycles. The maximum atomic E-state index is 10.8. The summed E-state index contributed by atoms with van der Waals surface area (Å²) in [4.78, 5) is 0. The lowest BCUT2D eigenvalue weighted by Gasteiger charge is -2.01. The van der Waals surface area contributed by atoms with Crippen LogP contribution in [0.4, 0.5) is 0 Å². The first-order valence-electron chi connectivity index (χ1n) is 4.65. The minimum absolute atomic E-state index is 0.204. The number of hydrogen-bond donors (Lipinski definition) is 1. The molecule has 1 aromatic heterocycles. The summed E-state index contributed by atoms with van der Waals surface area (Å²) in [5, 5.41) is 10.4. The van der Waals surface area contributed by atoms with Crippen LogP contribution in [0.1, 0.15) is 17.8 Å². The molecule has 0 radical (unpaired) electrons. The lowest BCUT2D eigenvalue weighted by atomic mass is 10.3. The first-order valence-corrected chi connectivity index (χ1v) is 6.71. The van der Waals surface area contributed by atoms with Crippen molar-refractivity contribution < 1.29 is 13.0 Å². The van der Waals surface area contributed by atoms with Gasteiger partial charge in [-0.2, -0.15) is 0 Å². The van der Waals surface area contributed by atoms with E-state index in [-0.39, 0.29) is 5.75 Å². The van der Waals surface area contributed by atoms with Gasteiger partial charge in [0.1, 0.15) is 21.2 Å². The Morgan fingerprint density at radius 1 is 1.40 bits per heavy atom. The fourth-order valence-electron chi connectivity index (χ4n) is 1.08. The number of sulfone groups is 1. The van der Waals surface area contributed by atoms with Crippen molar-refractivity contribution >= 4 is 9.84 Å². The highest BCUT2D eigenvalue weighted by Gasteiger charge is 2.04. The van der Waals surface area contributed by atoms with Crippen LogP contribution in [-0.4, -0.2) is 37.3 Å². The molecule has 0 saturated carbocycles. The van der Waals surface area contributed by atoms with Gasteiger partial charge in [-0.3, -0.25) is 0 Å². The fourth-order valence-corrected chi connectivity index (χ4v) is 1.74. The van der Waals surface area contributed by atoms with Crippen LogP contribution in [0.25, 0.3) is 0 Å². The van der Waals surface area contributed by atoms with Crippen LogP contribution in [0.2, 0.25) is 0 Å². The molecule has 0 aliphatic carbocycles. The molecule has 0 amide bonds. The van der Waals surface area contributed by atoms with Gasteiger partial charge in [-0.15, -0.1) is 0 Å². The van der Waals surface area contributed by atoms with Crippen LogP contribution in [0.5, 0.6) is 0 Å². The van der Waals surface area contributed by atoms with Crippen molar-refractivity contribution in [1.29, 1.82) is 0 Å². The molecule has 1 aromatic rings. The largest absolute Gasteiger partial charge is 0.311 e. The van der Waals surface area contributed by atoms with Crippen LogP contribution in [0, 0.1) is 6.92 Å². The van der Waals surface area contributed by atoms with Gasteiger partial charge in [0.2, 0.25) is 0 Å². The quantitative estimate of drug-likeness (QED) is 0.691. The van der Waals surface area contributed by atoms with E-state index in [1.807, 2.05) is 6.92 Å². The molecular weight excluding hydrogens is 218 g/mol. The molecule has 1 N–H and O–H groups in total. The molecule has 0 saturated heterocycles. The summed E-state index contributed by atoms with van der Waals surface area (Å²) < 4.78 is 26.1. The minimum Gasteiger partial charge on any atom is -0.311 e. The van der Waals surface area contributed by atoms with E-state index in [9.17, 15) is 8.42 Å². The number of hydrogen-bond acceptors (Lipinski definition) is 6. The van der Waals surface area contributed by atoms with Gasteiger partial charge in [0.05, 0.1) is 5.75 Å². The molecule has 0 unspecified atom stereocenters. The van der Waals surface area contributed by atoms with Crippen molar-refractivity contribution in [1.82, 2.24) is 15.6 Å². The number of nitrogens with one attached hydrogen (secondary N) is 1. The summed E-state index contributed by atoms with van der Waals surface area (Å²) in [5.74, 6) is 0.204. The van der Waals surface area contributed by atoms with Gasteiger partial charge in [-0.25, -0.2) is 13.0 Å². The topological polar surface area (TPSA) is 85.1 Å². The first-order chi connectivity index (χ1) is 6.99. The standard InChI is InChI=1S/C8H15N3O3S/c1-7-8(11-14-10-7)6-9-4-3-5-15(2,12)13/h9H,3-6H2,1-2H3. The third-order valence-corrected chi connectivity index (χ3v) is 2.94. The van der Waals surface area contributed by atoms with Gasteiger partial charge in [-0.05, 0) is 19.9 Å². The molecule has 0 fully saturated rings. The highest BCUT2D eigenvalue weighted by atomic mass is 32.2. The van der Waals surface area contributed by atoms with Crippen molar-refractivity contribution in [2.45, 2.75) is 19.9 Å². The maximum absolute atomic E-state index is 10.8. The van der Waals surface area contributed by atoms with E-state index in [1.54, 1.807) is 0 Å². The smallest absolute Gasteiger partial charge is 0.147 e. The van der Waals surface area contributed by atoms with Crippen LogP contribution in [0.15, 0.2) is 4.63 Å². The third-order valence-electron chi connectivity index (χ3n) is 1.91. The molecule has 86 valence electrons. The number of nitrogens with zero attached hydrogens (tertiary/aromatic N) is 2. The van der Waals surface area contributed by atoms with E-state index < -0.39 is 9.84 Å². The van der Waals surface area contributed by atoms with E-state index in [1.165, 1.54) is 6.26 Å². The summed E-state index contributed by atoms with van der Waals surface area (Å²) >= 11 is 0. The first kappa shape index (κ1) is 12.1. The lowest BCUT2D eigenvalue weighted by molar-refractivity contribution is 0.300. The monoisotopic (exact) mass is 233 g/mol. The highest BCUT2D eigenvalue weighted by molar-refractivity contribution is 7.90. The Morgan fingerprint density at radius 3 is 2.67 bits per heavy atom. The zero-order chi connectivity index (χ0) is 11.3. The Bertz CT molecular complexity index is 399. The summed E-state index contributed by atoms with van der Waals surface area (Å²) in [6, 6.07) is 0. The molecule has 0 spiro atoms. The molecule has 0 atom stereocenters. The van der Waals surface area contributed by atoms with Gasteiger partial charge in [0.25, 0.3) is 0 Å². The van der Waals surface area contributed by atoms with Gasteiger partial charge in [0.15, 0.2) is 0 Å². The van der Waals surface area contributed by atoms with Crippen molar-refractivity contribution in [2.75, 3.05) is 18.6 Å². The number of aromatic nitrogens is 2. The van der Waals surface area contributed by atoms with Crippen LogP contribution < -0.4 is 5.32 Å². The Hall–Kier alpha value is -0.950. The molecule has 15 heavy (non-hydrogen) atoms. The summed E-state index contributed by atoms with van der Waals surface area (Å²) in [7, 11) is -2.85. The molecule has 7 heteroatoms. The zero-order valence-corrected chi connectivity index (χ0v) is 9.67. The maximum Gasteiger partial charge on any atom is 0.147 e. The van der Waals surface area contributed by atoms with E-state index in [4.69, 9.17) is 0 Å². The normalized spacial score (nSPS) is 11.9. The predicted molar refractivity (Wildman–Crippen MR) is 55.1 cm³/mol. The molecule has 0 bridgehead atoms. The van der Waals surface area contributed by atoms with Crippen molar-refractivity contribution in [3.05, 3.63) is 11.4 Å². The van der Waals surface area contributed by atoms with Gasteiger partial charge < -0.3 is 5.32 Å². The predicted octanol–water partition coefficient (Wildman–Crippen LogP) is -0.0977. The molecular formula is C8H15N3O3S. The van der Waals surface area contributed by atoms with E-state index >= 15 is 0 Å². The summed E-state index contributed by atoms with van der Waals surface area (Å²) in [6.07, 6.45) is 1.84. The van der Waals surface area contributed by atoms with Crippen molar-refractivity contribution in [2.24, 2.45) is 0 Å². The Balaban J connectivity index is 2.15. The highest BCUT2D eigenvalue weighted by Crippen LogP contribution is 1.99. The third kappa shape index (κ3) is 4.89. The fraction of sp³-hybridized carbons (Fsp3) is 0.750. The lowest BCUT2D eigenvalue weighted by Crippen LogP contribution is -2.18. The molecule has 0 aliphatic rings.